The summed E-state index contributed by atoms with van der Waals surface area (Å²) in [7, 11) is 0. The minimum atomic E-state index is 0.510. The molecule has 4 heteroatoms. The van der Waals surface area contributed by atoms with Crippen molar-refractivity contribution in [2.45, 2.75) is 0 Å². The molecule has 0 aliphatic heterocycles. The first-order valence-corrected chi connectivity index (χ1v) is 6.68. The number of ether oxygens (including phenoxy) is 2. The van der Waals surface area contributed by atoms with Gasteiger partial charge in [-0.3, -0.25) is 0 Å². The Kier molecular flexibility index (Phi) is 4.69. The van der Waals surface area contributed by atoms with Gasteiger partial charge in [0.2, 0.25) is 0 Å². The van der Waals surface area contributed by atoms with E-state index in [9.17, 15) is 0 Å². The van der Waals surface area contributed by atoms with Crippen LogP contribution in [0.15, 0.2) is 48.5 Å². The lowest BCUT2D eigenvalue weighted by Crippen LogP contribution is -2.08. The molecule has 0 aromatic heterocycles. The van der Waals surface area contributed by atoms with Crippen molar-refractivity contribution in [2.75, 3.05) is 18.9 Å². The molecule has 0 spiro atoms. The molecule has 0 bridgehead atoms. The second-order valence-electron chi connectivity index (χ2n) is 3.72. The fourth-order valence-corrected chi connectivity index (χ4v) is 1.77. The molecule has 18 heavy (non-hydrogen) atoms. The van der Waals surface area contributed by atoms with Crippen LogP contribution in [0.1, 0.15) is 0 Å². The van der Waals surface area contributed by atoms with Gasteiger partial charge in [-0.2, -0.15) is 0 Å². The molecular weight excluding hydrogens is 341 g/mol. The fraction of sp³-hybridized carbons (Fsp3) is 0.143. The standard InChI is InChI=1S/C14H14INO2/c15-11-1-5-13(6-2-11)17-9-10-18-14-7-3-12(16)4-8-14/h1-8H,9-10,16H2. The molecular formula is C14H14INO2. The molecule has 2 rings (SSSR count). The summed E-state index contributed by atoms with van der Waals surface area (Å²) >= 11 is 2.26. The molecule has 2 N–H and O–H groups in total. The van der Waals surface area contributed by atoms with Gasteiger partial charge in [-0.1, -0.05) is 0 Å². The zero-order chi connectivity index (χ0) is 12.8. The lowest BCUT2D eigenvalue weighted by Gasteiger charge is -2.08. The molecule has 0 unspecified atom stereocenters. The van der Waals surface area contributed by atoms with Gasteiger partial charge in [0.15, 0.2) is 0 Å². The number of anilines is 1. The van der Waals surface area contributed by atoms with E-state index in [1.807, 2.05) is 48.5 Å². The summed E-state index contributed by atoms with van der Waals surface area (Å²) in [5, 5.41) is 0. The molecule has 0 amide bonds. The molecule has 0 atom stereocenters. The Morgan fingerprint density at radius 1 is 0.778 bits per heavy atom. The lowest BCUT2D eigenvalue weighted by atomic mass is 10.3. The zero-order valence-corrected chi connectivity index (χ0v) is 12.0. The first kappa shape index (κ1) is 13.0. The summed E-state index contributed by atoms with van der Waals surface area (Å²) in [6, 6.07) is 15.2. The third-order valence-electron chi connectivity index (χ3n) is 2.31. The SMILES string of the molecule is Nc1ccc(OCCOc2ccc(I)cc2)cc1. The van der Waals surface area contributed by atoms with Gasteiger partial charge in [0.05, 0.1) is 0 Å². The molecule has 0 aliphatic rings. The van der Waals surface area contributed by atoms with Crippen molar-refractivity contribution in [1.29, 1.82) is 0 Å². The maximum absolute atomic E-state index is 5.59. The van der Waals surface area contributed by atoms with E-state index < -0.39 is 0 Å². The van der Waals surface area contributed by atoms with Gasteiger partial charge < -0.3 is 15.2 Å². The van der Waals surface area contributed by atoms with Crippen molar-refractivity contribution in [2.24, 2.45) is 0 Å². The van der Waals surface area contributed by atoms with Crippen molar-refractivity contribution in [1.82, 2.24) is 0 Å². The van der Waals surface area contributed by atoms with Gasteiger partial charge >= 0.3 is 0 Å². The van der Waals surface area contributed by atoms with Crippen molar-refractivity contribution in [3.05, 3.63) is 52.1 Å². The van der Waals surface area contributed by atoms with Crippen LogP contribution >= 0.6 is 22.6 Å². The summed E-state index contributed by atoms with van der Waals surface area (Å²) in [5.41, 5.74) is 6.32. The number of halogens is 1. The quantitative estimate of drug-likeness (QED) is 0.508. The summed E-state index contributed by atoms with van der Waals surface area (Å²) < 4.78 is 12.3. The van der Waals surface area contributed by atoms with Gasteiger partial charge in [0.25, 0.3) is 0 Å². The zero-order valence-electron chi connectivity index (χ0n) is 9.80. The van der Waals surface area contributed by atoms with Crippen molar-refractivity contribution >= 4 is 28.3 Å². The predicted molar refractivity (Wildman–Crippen MR) is 81.0 cm³/mol. The van der Waals surface area contributed by atoms with Crippen LogP contribution in [0.25, 0.3) is 0 Å². The average Bonchev–Trinajstić information content (AvgIpc) is 2.39. The third kappa shape index (κ3) is 4.10. The molecule has 0 radical (unpaired) electrons. The van der Waals surface area contributed by atoms with Crippen molar-refractivity contribution < 1.29 is 9.47 Å². The van der Waals surface area contributed by atoms with E-state index in [0.29, 0.717) is 13.2 Å². The number of rotatable bonds is 5. The van der Waals surface area contributed by atoms with Gasteiger partial charge in [0.1, 0.15) is 24.7 Å². The molecule has 2 aromatic rings. The summed E-state index contributed by atoms with van der Waals surface area (Å²) in [6.45, 7) is 1.03. The minimum Gasteiger partial charge on any atom is -0.490 e. The van der Waals surface area contributed by atoms with Gasteiger partial charge in [0, 0.05) is 9.26 Å². The molecule has 94 valence electrons. The number of hydrogen-bond donors (Lipinski definition) is 1. The van der Waals surface area contributed by atoms with Crippen LogP contribution in [0.5, 0.6) is 11.5 Å². The highest BCUT2D eigenvalue weighted by Crippen LogP contribution is 2.14. The highest BCUT2D eigenvalue weighted by molar-refractivity contribution is 14.1. The van der Waals surface area contributed by atoms with Crippen LogP contribution in [0.2, 0.25) is 0 Å². The molecule has 0 saturated heterocycles. The van der Waals surface area contributed by atoms with Crippen molar-refractivity contribution in [3.63, 3.8) is 0 Å². The molecule has 0 aliphatic carbocycles. The topological polar surface area (TPSA) is 44.5 Å². The maximum atomic E-state index is 5.59. The van der Waals surface area contributed by atoms with Crippen LogP contribution in [-0.4, -0.2) is 13.2 Å². The Hall–Kier alpha value is -1.43. The first-order chi connectivity index (χ1) is 8.74. The Balaban J connectivity index is 1.73. The van der Waals surface area contributed by atoms with E-state index in [1.165, 1.54) is 3.57 Å². The second kappa shape index (κ2) is 6.49. The summed E-state index contributed by atoms with van der Waals surface area (Å²) in [6.07, 6.45) is 0. The van der Waals surface area contributed by atoms with Crippen molar-refractivity contribution in [3.8, 4) is 11.5 Å². The highest BCUT2D eigenvalue weighted by Gasteiger charge is 1.95. The fourth-order valence-electron chi connectivity index (χ4n) is 1.41. The number of nitrogens with two attached hydrogens (primary N) is 1. The van der Waals surface area contributed by atoms with Crippen LogP contribution in [0, 0.1) is 3.57 Å². The predicted octanol–water partition coefficient (Wildman–Crippen LogP) is 3.33. The van der Waals surface area contributed by atoms with E-state index in [0.717, 1.165) is 17.2 Å². The van der Waals surface area contributed by atoms with E-state index in [1.54, 1.807) is 0 Å². The number of hydrogen-bond acceptors (Lipinski definition) is 3. The van der Waals surface area contributed by atoms with E-state index in [2.05, 4.69) is 22.6 Å². The number of benzene rings is 2. The van der Waals surface area contributed by atoms with Gasteiger partial charge in [-0.05, 0) is 71.1 Å². The van der Waals surface area contributed by atoms with E-state index >= 15 is 0 Å². The minimum absolute atomic E-state index is 0.510. The summed E-state index contributed by atoms with van der Waals surface area (Å²) in [5.74, 6) is 1.66. The number of nitrogen functional groups attached to an aromatic ring is 1. The molecule has 2 aromatic carbocycles. The average molecular weight is 355 g/mol. The van der Waals surface area contributed by atoms with Crippen LogP contribution in [0.3, 0.4) is 0 Å². The monoisotopic (exact) mass is 355 g/mol. The third-order valence-corrected chi connectivity index (χ3v) is 3.03. The van der Waals surface area contributed by atoms with Crippen LogP contribution < -0.4 is 15.2 Å². The lowest BCUT2D eigenvalue weighted by molar-refractivity contribution is 0.217. The maximum Gasteiger partial charge on any atom is 0.122 e. The Morgan fingerprint density at radius 3 is 1.72 bits per heavy atom. The van der Waals surface area contributed by atoms with Crippen LogP contribution in [0.4, 0.5) is 5.69 Å². The van der Waals surface area contributed by atoms with Gasteiger partial charge in [-0.25, -0.2) is 0 Å². The normalized spacial score (nSPS) is 10.1. The molecule has 0 saturated carbocycles. The van der Waals surface area contributed by atoms with E-state index in [-0.39, 0.29) is 0 Å². The second-order valence-corrected chi connectivity index (χ2v) is 4.97. The van der Waals surface area contributed by atoms with Crippen LogP contribution in [-0.2, 0) is 0 Å². The largest absolute Gasteiger partial charge is 0.490 e. The molecule has 3 nitrogen and oxygen atoms in total. The Labute approximate surface area is 120 Å². The first-order valence-electron chi connectivity index (χ1n) is 5.61. The molecule has 0 fully saturated rings. The van der Waals surface area contributed by atoms with E-state index in [4.69, 9.17) is 15.2 Å². The smallest absolute Gasteiger partial charge is 0.122 e. The van der Waals surface area contributed by atoms with Gasteiger partial charge in [-0.15, -0.1) is 0 Å². The molecule has 0 heterocycles. The Morgan fingerprint density at radius 2 is 1.22 bits per heavy atom. The Bertz CT molecular complexity index is 435. The highest BCUT2D eigenvalue weighted by atomic mass is 127. The summed E-state index contributed by atoms with van der Waals surface area (Å²) in [4.78, 5) is 0.